The largest absolute Gasteiger partial charge is 0.569 e. The number of nitrogens with zero attached hydrogens (tertiary/aromatic N) is 5. The highest BCUT2D eigenvalue weighted by molar-refractivity contribution is 7.90. The predicted octanol–water partition coefficient (Wildman–Crippen LogP) is 4.32. The zero-order valence-corrected chi connectivity index (χ0v) is 25.0. The Kier molecular flexibility index (Phi) is 9.84. The van der Waals surface area contributed by atoms with E-state index in [4.69, 9.17) is 4.74 Å². The summed E-state index contributed by atoms with van der Waals surface area (Å²) in [4.78, 5) is 28.4. The second-order valence-electron chi connectivity index (χ2n) is 10.2. The molecule has 2 heterocycles. The van der Waals surface area contributed by atoms with Gasteiger partial charge >= 0.3 is 12.3 Å². The number of aryl methyl sites for hydroxylation is 1. The fraction of sp³-hybridized carbons (Fsp3) is 0.370. The topological polar surface area (TPSA) is 167 Å². The molecule has 1 aliphatic heterocycles. The summed E-state index contributed by atoms with van der Waals surface area (Å²) >= 11 is 0. The molecule has 242 valence electrons. The SMILES string of the molecule is Cc1ccc(-c2cc(C(F)(F)F)nn2-c2ccc(S(=O)(=O)NC(=O)C3CCN(/[N+]([O-])=N\OCOC(=O)OC(C)C)C3)cc2)cc1. The van der Waals surface area contributed by atoms with Crippen molar-refractivity contribution in [2.24, 2.45) is 11.2 Å². The maximum Gasteiger partial charge on any atom is 0.511 e. The lowest BCUT2D eigenvalue weighted by Crippen LogP contribution is -2.37. The third-order valence-electron chi connectivity index (χ3n) is 6.44. The maximum absolute atomic E-state index is 13.5. The number of hydrogen-bond acceptors (Lipinski definition) is 10. The first-order valence-electron chi connectivity index (χ1n) is 13.4. The van der Waals surface area contributed by atoms with Gasteiger partial charge in [-0.25, -0.2) is 22.6 Å². The van der Waals surface area contributed by atoms with Crippen molar-refractivity contribution in [2.45, 2.75) is 44.4 Å². The highest BCUT2D eigenvalue weighted by Crippen LogP contribution is 2.33. The van der Waals surface area contributed by atoms with Crippen molar-refractivity contribution < 1.29 is 50.5 Å². The van der Waals surface area contributed by atoms with Crippen LogP contribution < -0.4 is 4.72 Å². The highest BCUT2D eigenvalue weighted by atomic mass is 32.2. The highest BCUT2D eigenvalue weighted by Gasteiger charge is 2.36. The molecule has 14 nitrogen and oxygen atoms in total. The van der Waals surface area contributed by atoms with Gasteiger partial charge in [0.25, 0.3) is 16.8 Å². The van der Waals surface area contributed by atoms with Crippen LogP contribution in [0.4, 0.5) is 18.0 Å². The summed E-state index contributed by atoms with van der Waals surface area (Å²) in [6.07, 6.45) is -6.03. The molecule has 1 amide bonds. The molecule has 45 heavy (non-hydrogen) atoms. The number of aromatic nitrogens is 2. The Morgan fingerprint density at radius 3 is 2.44 bits per heavy atom. The molecule has 0 aliphatic carbocycles. The standard InChI is InChI=1S/C27H29F3N6O8S/c1-17(2)44-26(38)42-16-43-33-36(39)34-13-12-20(15-34)25(37)32-45(40,41)22-10-8-21(9-11-22)35-23(14-24(31-35)27(28,29)30)19-6-4-18(3)5-7-19/h4-11,14,17,20H,12-13,15-16H2,1-3H3,(H,32,37)/b36-33+. The van der Waals surface area contributed by atoms with Crippen molar-refractivity contribution in [2.75, 3.05) is 19.9 Å². The number of ether oxygens (including phenoxy) is 2. The number of nitrogens with one attached hydrogen (secondary N) is 1. The summed E-state index contributed by atoms with van der Waals surface area (Å²) in [6.45, 7) is 4.21. The van der Waals surface area contributed by atoms with E-state index < -0.39 is 52.8 Å². The Bertz CT molecular complexity index is 1660. The van der Waals surface area contributed by atoms with Gasteiger partial charge in [0.15, 0.2) is 5.69 Å². The van der Waals surface area contributed by atoms with E-state index in [2.05, 4.69) is 20.0 Å². The quantitative estimate of drug-likeness (QED) is 0.0830. The van der Waals surface area contributed by atoms with Gasteiger partial charge in [0.05, 0.1) is 46.4 Å². The summed E-state index contributed by atoms with van der Waals surface area (Å²) in [6, 6.07) is 12.5. The third-order valence-corrected chi connectivity index (χ3v) is 7.80. The average molecular weight is 655 g/mol. The zero-order chi connectivity index (χ0) is 32.9. The molecule has 4 rings (SSSR count). The van der Waals surface area contributed by atoms with Gasteiger partial charge < -0.3 is 19.5 Å². The summed E-state index contributed by atoms with van der Waals surface area (Å²) in [5.41, 5.74) is 0.547. The molecule has 1 N–H and O–H groups in total. The van der Waals surface area contributed by atoms with Crippen molar-refractivity contribution in [3.05, 3.63) is 71.1 Å². The van der Waals surface area contributed by atoms with E-state index in [9.17, 15) is 36.4 Å². The van der Waals surface area contributed by atoms with Crippen LogP contribution in [0.15, 0.2) is 64.8 Å². The number of sulfonamides is 1. The molecule has 0 bridgehead atoms. The number of hydrazine groups is 1. The van der Waals surface area contributed by atoms with Gasteiger partial charge in [0, 0.05) is 5.56 Å². The molecule has 1 aliphatic rings. The molecule has 1 atom stereocenters. The van der Waals surface area contributed by atoms with Crippen LogP contribution >= 0.6 is 0 Å². The van der Waals surface area contributed by atoms with E-state index in [1.807, 2.05) is 11.6 Å². The van der Waals surface area contributed by atoms with Gasteiger partial charge in [-0.1, -0.05) is 29.8 Å². The van der Waals surface area contributed by atoms with Gasteiger partial charge in [-0.3, -0.25) is 4.79 Å². The molecular formula is C27H29F3N6O8S. The van der Waals surface area contributed by atoms with E-state index in [1.54, 1.807) is 38.1 Å². The Hall–Kier alpha value is -4.87. The minimum Gasteiger partial charge on any atom is -0.569 e. The van der Waals surface area contributed by atoms with Crippen molar-refractivity contribution >= 4 is 22.1 Å². The molecule has 3 aromatic rings. The number of carbonyl (C=O) groups is 2. The number of carbonyl (C=O) groups excluding carboxylic acids is 2. The average Bonchev–Trinajstić information content (AvgIpc) is 3.64. The van der Waals surface area contributed by atoms with Gasteiger partial charge in [0.2, 0.25) is 11.2 Å². The number of hydrogen-bond donors (Lipinski definition) is 1. The van der Waals surface area contributed by atoms with Crippen LogP contribution in [-0.2, 0) is 35.3 Å². The smallest absolute Gasteiger partial charge is 0.511 e. The number of rotatable bonds is 10. The zero-order valence-electron chi connectivity index (χ0n) is 24.2. The molecule has 0 saturated carbocycles. The minimum atomic E-state index is -4.71. The second kappa shape index (κ2) is 13.4. The van der Waals surface area contributed by atoms with Crippen molar-refractivity contribution in [1.29, 1.82) is 0 Å². The number of benzene rings is 2. The third kappa shape index (κ3) is 8.40. The number of amides is 1. The van der Waals surface area contributed by atoms with Crippen LogP contribution in [-0.4, -0.2) is 66.2 Å². The Morgan fingerprint density at radius 1 is 1.16 bits per heavy atom. The summed E-state index contributed by atoms with van der Waals surface area (Å²) in [5, 5.41) is 20.1. The lowest BCUT2D eigenvalue weighted by molar-refractivity contribution is -0.708. The second-order valence-corrected chi connectivity index (χ2v) is 11.9. The van der Waals surface area contributed by atoms with Crippen LogP contribution in [0.25, 0.3) is 16.9 Å². The number of alkyl halides is 3. The summed E-state index contributed by atoms with van der Waals surface area (Å²) in [7, 11) is -4.38. The first-order valence-corrected chi connectivity index (χ1v) is 14.9. The molecule has 1 fully saturated rings. The van der Waals surface area contributed by atoms with Crippen LogP contribution in [0.2, 0.25) is 0 Å². The first-order chi connectivity index (χ1) is 21.1. The van der Waals surface area contributed by atoms with Crippen LogP contribution in [0.1, 0.15) is 31.5 Å². The summed E-state index contributed by atoms with van der Waals surface area (Å²) in [5.74, 6) is -1.77. The van der Waals surface area contributed by atoms with E-state index in [1.165, 1.54) is 12.1 Å². The number of halogens is 3. The molecule has 0 radical (unpaired) electrons. The van der Waals surface area contributed by atoms with Crippen LogP contribution in [0, 0.1) is 18.0 Å². The molecule has 1 unspecified atom stereocenters. The van der Waals surface area contributed by atoms with E-state index >= 15 is 0 Å². The van der Waals surface area contributed by atoms with E-state index in [-0.39, 0.29) is 40.8 Å². The first kappa shape index (κ1) is 33.0. The molecule has 1 aromatic heterocycles. The van der Waals surface area contributed by atoms with Crippen molar-refractivity contribution in [3.63, 3.8) is 0 Å². The van der Waals surface area contributed by atoms with Crippen molar-refractivity contribution in [1.82, 2.24) is 19.5 Å². The van der Waals surface area contributed by atoms with Gasteiger partial charge in [0.1, 0.15) is 0 Å². The van der Waals surface area contributed by atoms with Gasteiger partial charge in [-0.15, -0.1) is 5.01 Å². The van der Waals surface area contributed by atoms with Crippen LogP contribution in [0.3, 0.4) is 0 Å². The Labute approximate surface area is 255 Å². The van der Waals surface area contributed by atoms with Gasteiger partial charge in [-0.2, -0.15) is 18.3 Å². The van der Waals surface area contributed by atoms with E-state index in [0.717, 1.165) is 33.5 Å². The lowest BCUT2D eigenvalue weighted by atomic mass is 10.1. The lowest BCUT2D eigenvalue weighted by Gasteiger charge is -2.13. The molecule has 2 aromatic carbocycles. The van der Waals surface area contributed by atoms with Crippen molar-refractivity contribution in [3.8, 4) is 16.9 Å². The fourth-order valence-electron chi connectivity index (χ4n) is 4.22. The predicted molar refractivity (Wildman–Crippen MR) is 148 cm³/mol. The molecule has 18 heteroatoms. The Balaban J connectivity index is 1.40. The van der Waals surface area contributed by atoms with Gasteiger partial charge in [-0.05, 0) is 57.5 Å². The molecule has 1 saturated heterocycles. The minimum absolute atomic E-state index is 0.0436. The monoisotopic (exact) mass is 654 g/mol. The van der Waals surface area contributed by atoms with Crippen LogP contribution in [0.5, 0.6) is 0 Å². The maximum atomic E-state index is 13.5. The Morgan fingerprint density at radius 2 is 1.82 bits per heavy atom. The molecular weight excluding hydrogens is 625 g/mol. The normalized spacial score (nSPS) is 15.7. The summed E-state index contributed by atoms with van der Waals surface area (Å²) < 4.78 is 78.6. The van der Waals surface area contributed by atoms with E-state index in [0.29, 0.717) is 5.56 Å². The molecule has 0 spiro atoms. The fourth-order valence-corrected chi connectivity index (χ4v) is 5.27.